The van der Waals surface area contributed by atoms with Gasteiger partial charge >= 0.3 is 0 Å². The van der Waals surface area contributed by atoms with E-state index in [9.17, 15) is 9.59 Å². The number of para-hydroxylation sites is 1. The van der Waals surface area contributed by atoms with E-state index in [4.69, 9.17) is 0 Å². The Bertz CT molecular complexity index is 730. The molecule has 0 fully saturated rings. The largest absolute Gasteiger partial charge is 0.329 e. The van der Waals surface area contributed by atoms with Crippen molar-refractivity contribution >= 4 is 17.5 Å². The van der Waals surface area contributed by atoms with Gasteiger partial charge in [-0.25, -0.2) is 0 Å². The average molecular weight is 323 g/mol. The van der Waals surface area contributed by atoms with Crippen LogP contribution >= 0.6 is 0 Å². The number of aryl methyl sites for hydroxylation is 1. The molecule has 24 heavy (non-hydrogen) atoms. The van der Waals surface area contributed by atoms with Gasteiger partial charge in [-0.05, 0) is 42.2 Å². The third-order valence-electron chi connectivity index (χ3n) is 4.31. The summed E-state index contributed by atoms with van der Waals surface area (Å²) in [6.07, 6.45) is 5.33. The minimum Gasteiger partial charge on any atom is -0.329 e. The maximum Gasteiger partial charge on any atom is 0.246 e. The molecule has 3 rings (SSSR count). The first-order chi connectivity index (χ1) is 11.6. The predicted octanol–water partition coefficient (Wildman–Crippen LogP) is 2.41. The third kappa shape index (κ3) is 3.62. The van der Waals surface area contributed by atoms with Crippen molar-refractivity contribution in [2.45, 2.75) is 26.3 Å². The highest BCUT2D eigenvalue weighted by atomic mass is 16.2. The second-order valence-electron chi connectivity index (χ2n) is 6.01. The first-order valence-corrected chi connectivity index (χ1v) is 8.18. The Kier molecular flexibility index (Phi) is 4.89. The number of carbonyl (C=O) groups is 2. The molecule has 1 aliphatic heterocycles. The number of rotatable bonds is 4. The van der Waals surface area contributed by atoms with Crippen LogP contribution in [0.1, 0.15) is 24.5 Å². The lowest BCUT2D eigenvalue weighted by atomic mass is 10.0. The summed E-state index contributed by atoms with van der Waals surface area (Å²) in [5.41, 5.74) is 3.13. The molecule has 2 amide bonds. The van der Waals surface area contributed by atoms with Gasteiger partial charge in [0.1, 0.15) is 6.54 Å². The molecule has 0 unspecified atom stereocenters. The fourth-order valence-electron chi connectivity index (χ4n) is 3.03. The van der Waals surface area contributed by atoms with Crippen LogP contribution in [0, 0.1) is 0 Å². The van der Waals surface area contributed by atoms with E-state index < -0.39 is 0 Å². The summed E-state index contributed by atoms with van der Waals surface area (Å²) in [6.45, 7) is 2.71. The van der Waals surface area contributed by atoms with Gasteiger partial charge in [0.05, 0.1) is 0 Å². The Morgan fingerprint density at radius 3 is 2.67 bits per heavy atom. The minimum absolute atomic E-state index is 0.0357. The second-order valence-corrected chi connectivity index (χ2v) is 6.01. The molecule has 5 heteroatoms. The number of fused-ring (bicyclic) bond motifs is 1. The zero-order chi connectivity index (χ0) is 16.9. The maximum absolute atomic E-state index is 12.8. The normalized spacial score (nSPS) is 13.3. The number of pyridine rings is 1. The molecule has 0 atom stereocenters. The third-order valence-corrected chi connectivity index (χ3v) is 4.31. The lowest BCUT2D eigenvalue weighted by Gasteiger charge is -2.31. The van der Waals surface area contributed by atoms with E-state index in [0.29, 0.717) is 13.1 Å². The van der Waals surface area contributed by atoms with Crippen LogP contribution in [0.15, 0.2) is 48.8 Å². The number of hydrogen-bond donors (Lipinski definition) is 0. The lowest BCUT2D eigenvalue weighted by Crippen LogP contribution is -2.44. The molecule has 2 aromatic rings. The van der Waals surface area contributed by atoms with Crippen LogP contribution in [0.4, 0.5) is 5.69 Å². The zero-order valence-corrected chi connectivity index (χ0v) is 13.8. The highest BCUT2D eigenvalue weighted by Gasteiger charge is 2.24. The summed E-state index contributed by atoms with van der Waals surface area (Å²) in [5.74, 6) is -0.142. The van der Waals surface area contributed by atoms with E-state index in [1.54, 1.807) is 22.2 Å². The zero-order valence-electron chi connectivity index (χ0n) is 13.8. The smallest absolute Gasteiger partial charge is 0.246 e. The highest BCUT2D eigenvalue weighted by molar-refractivity contribution is 5.97. The molecule has 0 spiro atoms. The molecule has 1 aromatic heterocycles. The quantitative estimate of drug-likeness (QED) is 0.868. The Morgan fingerprint density at radius 2 is 1.92 bits per heavy atom. The monoisotopic (exact) mass is 323 g/mol. The van der Waals surface area contributed by atoms with Crippen molar-refractivity contribution in [3.05, 3.63) is 59.9 Å². The summed E-state index contributed by atoms with van der Waals surface area (Å²) in [4.78, 5) is 32.1. The van der Waals surface area contributed by atoms with Gasteiger partial charge in [0.2, 0.25) is 11.8 Å². The second kappa shape index (κ2) is 7.25. The summed E-state index contributed by atoms with van der Waals surface area (Å²) in [5, 5.41) is 0. The molecule has 124 valence electrons. The molecule has 1 aliphatic rings. The molecule has 0 N–H and O–H groups in total. The number of hydrogen-bond acceptors (Lipinski definition) is 3. The van der Waals surface area contributed by atoms with Gasteiger partial charge in [0.25, 0.3) is 0 Å². The fraction of sp³-hybridized carbons (Fsp3) is 0.316. The van der Waals surface area contributed by atoms with Crippen LogP contribution in [-0.2, 0) is 22.6 Å². The van der Waals surface area contributed by atoms with Gasteiger partial charge in [0.15, 0.2) is 0 Å². The standard InChI is InChI=1S/C19H21N3O2/c1-15(23)21(13-16-8-10-20-11-9-16)14-19(24)22-12-4-6-17-5-2-3-7-18(17)22/h2-3,5,7-11H,4,6,12-14H2,1H3. The molecular weight excluding hydrogens is 302 g/mol. The van der Waals surface area contributed by atoms with E-state index >= 15 is 0 Å². The predicted molar refractivity (Wildman–Crippen MR) is 92.4 cm³/mol. The molecule has 0 aliphatic carbocycles. The van der Waals surface area contributed by atoms with Gasteiger partial charge in [0, 0.05) is 38.1 Å². The Labute approximate surface area is 141 Å². The van der Waals surface area contributed by atoms with E-state index in [-0.39, 0.29) is 18.4 Å². The molecule has 5 nitrogen and oxygen atoms in total. The molecule has 0 saturated carbocycles. The number of nitrogens with zero attached hydrogens (tertiary/aromatic N) is 3. The fourth-order valence-corrected chi connectivity index (χ4v) is 3.03. The summed E-state index contributed by atoms with van der Waals surface area (Å²) >= 11 is 0. The van der Waals surface area contributed by atoms with Crippen molar-refractivity contribution in [2.24, 2.45) is 0 Å². The number of anilines is 1. The first-order valence-electron chi connectivity index (χ1n) is 8.18. The van der Waals surface area contributed by atoms with Crippen LogP contribution < -0.4 is 4.90 Å². The number of amides is 2. The maximum atomic E-state index is 12.8. The first kappa shape index (κ1) is 16.2. The Morgan fingerprint density at radius 1 is 1.17 bits per heavy atom. The van der Waals surface area contributed by atoms with E-state index in [1.807, 2.05) is 30.3 Å². The van der Waals surface area contributed by atoms with Crippen molar-refractivity contribution in [3.63, 3.8) is 0 Å². The van der Waals surface area contributed by atoms with Gasteiger partial charge in [-0.2, -0.15) is 0 Å². The minimum atomic E-state index is -0.106. The molecule has 0 bridgehead atoms. The molecule has 2 heterocycles. The Balaban J connectivity index is 1.74. The van der Waals surface area contributed by atoms with Crippen LogP contribution in [0.5, 0.6) is 0 Å². The van der Waals surface area contributed by atoms with Crippen LogP contribution in [-0.4, -0.2) is 34.8 Å². The van der Waals surface area contributed by atoms with Crippen molar-refractivity contribution in [1.82, 2.24) is 9.88 Å². The van der Waals surface area contributed by atoms with Crippen LogP contribution in [0.3, 0.4) is 0 Å². The summed E-state index contributed by atoms with van der Waals surface area (Å²) in [7, 11) is 0. The van der Waals surface area contributed by atoms with Crippen molar-refractivity contribution in [2.75, 3.05) is 18.0 Å². The number of carbonyl (C=O) groups excluding carboxylic acids is 2. The highest BCUT2D eigenvalue weighted by Crippen LogP contribution is 2.26. The van der Waals surface area contributed by atoms with Gasteiger partial charge in [-0.1, -0.05) is 18.2 Å². The van der Waals surface area contributed by atoms with E-state index in [1.165, 1.54) is 12.5 Å². The summed E-state index contributed by atoms with van der Waals surface area (Å²) in [6, 6.07) is 11.7. The van der Waals surface area contributed by atoms with Crippen LogP contribution in [0.25, 0.3) is 0 Å². The van der Waals surface area contributed by atoms with Crippen molar-refractivity contribution in [3.8, 4) is 0 Å². The topological polar surface area (TPSA) is 53.5 Å². The molecule has 0 radical (unpaired) electrons. The summed E-state index contributed by atoms with van der Waals surface area (Å²) < 4.78 is 0. The van der Waals surface area contributed by atoms with Crippen LogP contribution in [0.2, 0.25) is 0 Å². The van der Waals surface area contributed by atoms with Gasteiger partial charge in [-0.15, -0.1) is 0 Å². The lowest BCUT2D eigenvalue weighted by molar-refractivity contribution is -0.134. The SMILES string of the molecule is CC(=O)N(CC(=O)N1CCCc2ccccc21)Cc1ccncc1. The average Bonchev–Trinajstić information content (AvgIpc) is 2.61. The molecule has 0 saturated heterocycles. The van der Waals surface area contributed by atoms with E-state index in [0.717, 1.165) is 24.1 Å². The van der Waals surface area contributed by atoms with Crippen molar-refractivity contribution < 1.29 is 9.59 Å². The Hall–Kier alpha value is -2.69. The number of aromatic nitrogens is 1. The van der Waals surface area contributed by atoms with E-state index in [2.05, 4.69) is 11.1 Å². The van der Waals surface area contributed by atoms with Gasteiger partial charge < -0.3 is 9.80 Å². The van der Waals surface area contributed by atoms with Gasteiger partial charge in [-0.3, -0.25) is 14.6 Å². The molecular formula is C19H21N3O2. The van der Waals surface area contributed by atoms with Crippen molar-refractivity contribution in [1.29, 1.82) is 0 Å². The number of benzene rings is 1. The molecule has 1 aromatic carbocycles.